The number of rotatable bonds is 3. The van der Waals surface area contributed by atoms with Crippen LogP contribution in [0.4, 0.5) is 5.69 Å². The van der Waals surface area contributed by atoms with Gasteiger partial charge in [0.1, 0.15) is 0 Å². The standard InChI is InChI=1S/C10H12BrClN2O4S2/c11-10-8(13)3-6(12)4-9(10)20(17,18)14-7-1-2-19(15,16)5-7/h3-4,7,14H,1-2,5,13H2. The van der Waals surface area contributed by atoms with Gasteiger partial charge in [0.05, 0.1) is 20.9 Å². The number of nitrogens with two attached hydrogens (primary N) is 1. The SMILES string of the molecule is Nc1cc(Cl)cc(S(=O)(=O)NC2CCS(=O)(=O)C2)c1Br. The quantitative estimate of drug-likeness (QED) is 0.736. The van der Waals surface area contributed by atoms with E-state index in [1.807, 2.05) is 0 Å². The second-order valence-corrected chi connectivity index (χ2v) is 9.67. The maximum absolute atomic E-state index is 12.3. The fraction of sp³-hybridized carbons (Fsp3) is 0.400. The average molecular weight is 404 g/mol. The topological polar surface area (TPSA) is 106 Å². The molecule has 1 aliphatic rings. The van der Waals surface area contributed by atoms with E-state index in [1.54, 1.807) is 0 Å². The maximum Gasteiger partial charge on any atom is 0.242 e. The lowest BCUT2D eigenvalue weighted by atomic mass is 10.3. The molecular formula is C10H12BrClN2O4S2. The van der Waals surface area contributed by atoms with Gasteiger partial charge in [0.2, 0.25) is 10.0 Å². The van der Waals surface area contributed by atoms with Gasteiger partial charge in [-0.3, -0.25) is 0 Å². The van der Waals surface area contributed by atoms with Gasteiger partial charge in [-0.05, 0) is 34.5 Å². The van der Waals surface area contributed by atoms with Gasteiger partial charge >= 0.3 is 0 Å². The molecule has 3 N–H and O–H groups in total. The van der Waals surface area contributed by atoms with Crippen molar-refractivity contribution in [3.8, 4) is 0 Å². The van der Waals surface area contributed by atoms with Crippen molar-refractivity contribution in [2.45, 2.75) is 17.4 Å². The summed E-state index contributed by atoms with van der Waals surface area (Å²) in [6, 6.07) is 2.05. The van der Waals surface area contributed by atoms with E-state index in [9.17, 15) is 16.8 Å². The fourth-order valence-electron chi connectivity index (χ4n) is 1.95. The van der Waals surface area contributed by atoms with Crippen molar-refractivity contribution in [3.63, 3.8) is 0 Å². The molecule has 112 valence electrons. The molecule has 1 heterocycles. The smallest absolute Gasteiger partial charge is 0.242 e. The lowest BCUT2D eigenvalue weighted by Crippen LogP contribution is -2.35. The Bertz CT molecular complexity index is 749. The molecule has 1 aromatic carbocycles. The van der Waals surface area contributed by atoms with Crippen LogP contribution >= 0.6 is 27.5 Å². The van der Waals surface area contributed by atoms with Gasteiger partial charge in [-0.15, -0.1) is 0 Å². The molecule has 1 aromatic rings. The molecule has 6 nitrogen and oxygen atoms in total. The van der Waals surface area contributed by atoms with Crippen molar-refractivity contribution in [3.05, 3.63) is 21.6 Å². The Balaban J connectivity index is 2.32. The van der Waals surface area contributed by atoms with E-state index in [0.29, 0.717) is 0 Å². The maximum atomic E-state index is 12.3. The van der Waals surface area contributed by atoms with Gasteiger partial charge in [0.15, 0.2) is 9.84 Å². The first-order chi connectivity index (χ1) is 9.11. The zero-order valence-corrected chi connectivity index (χ0v) is 14.1. The molecule has 0 aromatic heterocycles. The monoisotopic (exact) mass is 402 g/mol. The highest BCUT2D eigenvalue weighted by molar-refractivity contribution is 9.10. The van der Waals surface area contributed by atoms with Crippen LogP contribution in [0, 0.1) is 0 Å². The largest absolute Gasteiger partial charge is 0.398 e. The van der Waals surface area contributed by atoms with E-state index in [-0.39, 0.29) is 38.0 Å². The first-order valence-corrected chi connectivity index (χ1v) is 10.1. The van der Waals surface area contributed by atoms with Crippen molar-refractivity contribution in [1.29, 1.82) is 0 Å². The van der Waals surface area contributed by atoms with Crippen molar-refractivity contribution >= 4 is 53.1 Å². The fourth-order valence-corrected chi connectivity index (χ4v) is 6.29. The number of halogens is 2. The molecule has 1 aliphatic heterocycles. The number of sulfone groups is 1. The predicted octanol–water partition coefficient (Wildman–Crippen LogP) is 1.15. The van der Waals surface area contributed by atoms with Gasteiger partial charge < -0.3 is 5.73 Å². The number of nitrogens with one attached hydrogen (secondary N) is 1. The van der Waals surface area contributed by atoms with Crippen molar-refractivity contribution in [2.75, 3.05) is 17.2 Å². The summed E-state index contributed by atoms with van der Waals surface area (Å²) in [5.74, 6) is -0.209. The summed E-state index contributed by atoms with van der Waals surface area (Å²) in [6.45, 7) is 0. The number of nitrogen functional groups attached to an aromatic ring is 1. The number of sulfonamides is 1. The molecule has 0 aliphatic carbocycles. The lowest BCUT2D eigenvalue weighted by molar-refractivity contribution is 0.562. The Morgan fingerprint density at radius 2 is 2.05 bits per heavy atom. The van der Waals surface area contributed by atoms with Gasteiger partial charge in [-0.2, -0.15) is 0 Å². The molecule has 0 saturated carbocycles. The zero-order valence-electron chi connectivity index (χ0n) is 10.1. The van der Waals surface area contributed by atoms with Crippen LogP contribution in [-0.2, 0) is 19.9 Å². The second kappa shape index (κ2) is 5.45. The van der Waals surface area contributed by atoms with E-state index in [0.717, 1.165) is 0 Å². The van der Waals surface area contributed by atoms with Crippen molar-refractivity contribution in [2.24, 2.45) is 0 Å². The van der Waals surface area contributed by atoms with E-state index < -0.39 is 25.9 Å². The van der Waals surface area contributed by atoms with Gasteiger partial charge in [-0.1, -0.05) is 11.6 Å². The highest BCUT2D eigenvalue weighted by atomic mass is 79.9. The van der Waals surface area contributed by atoms with Crippen LogP contribution in [0.25, 0.3) is 0 Å². The summed E-state index contributed by atoms with van der Waals surface area (Å²) in [6.07, 6.45) is 0.259. The molecule has 0 amide bonds. The number of hydrogen-bond donors (Lipinski definition) is 2. The van der Waals surface area contributed by atoms with Crippen LogP contribution in [0.15, 0.2) is 21.5 Å². The van der Waals surface area contributed by atoms with Gasteiger partial charge in [0, 0.05) is 16.8 Å². The van der Waals surface area contributed by atoms with Crippen molar-refractivity contribution in [1.82, 2.24) is 4.72 Å². The minimum atomic E-state index is -3.90. The van der Waals surface area contributed by atoms with Crippen LogP contribution in [0.1, 0.15) is 6.42 Å². The third-order valence-corrected chi connectivity index (χ3v) is 7.55. The Kier molecular flexibility index (Phi) is 4.37. The minimum Gasteiger partial charge on any atom is -0.398 e. The van der Waals surface area contributed by atoms with Crippen LogP contribution in [0.3, 0.4) is 0 Å². The average Bonchev–Trinajstić information content (AvgIpc) is 2.62. The summed E-state index contributed by atoms with van der Waals surface area (Å²) in [7, 11) is -7.06. The molecular weight excluding hydrogens is 392 g/mol. The highest BCUT2D eigenvalue weighted by Crippen LogP contribution is 2.31. The summed E-state index contributed by atoms with van der Waals surface area (Å²) in [5, 5.41) is 0.185. The van der Waals surface area contributed by atoms with E-state index in [4.69, 9.17) is 17.3 Å². The molecule has 0 spiro atoms. The number of benzene rings is 1. The third-order valence-electron chi connectivity index (χ3n) is 2.88. The summed E-state index contributed by atoms with van der Waals surface area (Å²) < 4.78 is 49.8. The number of hydrogen-bond acceptors (Lipinski definition) is 5. The third kappa shape index (κ3) is 3.45. The second-order valence-electron chi connectivity index (χ2n) is 4.53. The Hall–Kier alpha value is -0.350. The van der Waals surface area contributed by atoms with E-state index in [2.05, 4.69) is 20.7 Å². The highest BCUT2D eigenvalue weighted by Gasteiger charge is 2.32. The van der Waals surface area contributed by atoms with Crippen LogP contribution in [0.5, 0.6) is 0 Å². The zero-order chi connectivity index (χ0) is 15.1. The van der Waals surface area contributed by atoms with Crippen molar-refractivity contribution < 1.29 is 16.8 Å². The number of anilines is 1. The molecule has 2 rings (SSSR count). The first-order valence-electron chi connectivity index (χ1n) is 5.58. The van der Waals surface area contributed by atoms with Crippen LogP contribution in [-0.4, -0.2) is 34.4 Å². The van der Waals surface area contributed by atoms with E-state index >= 15 is 0 Å². The van der Waals surface area contributed by atoms with Crippen LogP contribution < -0.4 is 10.5 Å². The Morgan fingerprint density at radius 1 is 1.40 bits per heavy atom. The van der Waals surface area contributed by atoms with Gasteiger partial charge in [0.25, 0.3) is 0 Å². The molecule has 1 atom stereocenters. The summed E-state index contributed by atoms with van der Waals surface area (Å²) >= 11 is 8.90. The molecule has 0 radical (unpaired) electrons. The first kappa shape index (κ1) is 16.0. The van der Waals surface area contributed by atoms with Crippen LogP contribution in [0.2, 0.25) is 5.02 Å². The molecule has 1 saturated heterocycles. The summed E-state index contributed by atoms with van der Waals surface area (Å²) in [4.78, 5) is -0.105. The predicted molar refractivity (Wildman–Crippen MR) is 80.9 cm³/mol. The normalized spacial score (nSPS) is 22.0. The molecule has 10 heteroatoms. The minimum absolute atomic E-state index is 0.0148. The summed E-state index contributed by atoms with van der Waals surface area (Å²) in [5.41, 5.74) is 5.84. The lowest BCUT2D eigenvalue weighted by Gasteiger charge is -2.14. The molecule has 1 fully saturated rings. The van der Waals surface area contributed by atoms with E-state index in [1.165, 1.54) is 12.1 Å². The molecule has 20 heavy (non-hydrogen) atoms. The Morgan fingerprint density at radius 3 is 2.60 bits per heavy atom. The van der Waals surface area contributed by atoms with Gasteiger partial charge in [-0.25, -0.2) is 21.6 Å². The molecule has 0 bridgehead atoms. The Labute approximate surface area is 130 Å². The molecule has 1 unspecified atom stereocenters.